The first-order valence-electron chi connectivity index (χ1n) is 4.85. The molecule has 1 atom stereocenters. The topological polar surface area (TPSA) is 20.2 Å². The Bertz CT molecular complexity index is 376. The van der Waals surface area contributed by atoms with Crippen LogP contribution in [0.5, 0.6) is 0 Å². The van der Waals surface area contributed by atoms with Crippen LogP contribution in [-0.4, -0.2) is 5.11 Å². The van der Waals surface area contributed by atoms with Crippen LogP contribution in [0.2, 0.25) is 0 Å². The van der Waals surface area contributed by atoms with Gasteiger partial charge >= 0.3 is 0 Å². The number of hydrogen-bond acceptors (Lipinski definition) is 1. The maximum Gasteiger partial charge on any atom is 0.140 e. The SMILES string of the molecule is CC(C)(C)C#C[C@H](O)c1ccc(F)cc1. The molecule has 2 heteroatoms. The zero-order valence-electron chi connectivity index (χ0n) is 9.21. The number of aliphatic hydroxyl groups excluding tert-OH is 1. The van der Waals surface area contributed by atoms with Crippen molar-refractivity contribution < 1.29 is 9.50 Å². The third-order valence-electron chi connectivity index (χ3n) is 1.77. The molecule has 1 aromatic rings. The van der Waals surface area contributed by atoms with E-state index in [-0.39, 0.29) is 11.2 Å². The Labute approximate surface area is 89.9 Å². The van der Waals surface area contributed by atoms with Crippen LogP contribution in [0, 0.1) is 23.1 Å². The molecule has 0 aliphatic heterocycles. The van der Waals surface area contributed by atoms with Gasteiger partial charge in [0.1, 0.15) is 11.9 Å². The molecule has 0 spiro atoms. The maximum atomic E-state index is 12.6. The maximum absolute atomic E-state index is 12.6. The predicted octanol–water partition coefficient (Wildman–Crippen LogP) is 2.91. The van der Waals surface area contributed by atoms with Crippen LogP contribution in [0.3, 0.4) is 0 Å². The standard InChI is InChI=1S/C13H15FO/c1-13(2,3)9-8-12(15)10-4-6-11(14)7-5-10/h4-7,12,15H,1-3H3/t12-/m0/s1. The third kappa shape index (κ3) is 4.14. The van der Waals surface area contributed by atoms with E-state index in [1.54, 1.807) is 0 Å². The molecule has 0 aliphatic carbocycles. The van der Waals surface area contributed by atoms with E-state index in [9.17, 15) is 9.50 Å². The van der Waals surface area contributed by atoms with Crippen LogP contribution in [0.1, 0.15) is 32.4 Å². The second-order valence-corrected chi connectivity index (χ2v) is 4.47. The Morgan fingerprint density at radius 2 is 1.73 bits per heavy atom. The third-order valence-corrected chi connectivity index (χ3v) is 1.77. The Morgan fingerprint density at radius 1 is 1.20 bits per heavy atom. The van der Waals surface area contributed by atoms with E-state index in [0.717, 1.165) is 0 Å². The van der Waals surface area contributed by atoms with Crippen molar-refractivity contribution in [3.05, 3.63) is 35.6 Å². The van der Waals surface area contributed by atoms with E-state index in [4.69, 9.17) is 0 Å². The summed E-state index contributed by atoms with van der Waals surface area (Å²) in [5.74, 6) is 5.37. The summed E-state index contributed by atoms with van der Waals surface area (Å²) in [5, 5.41) is 9.68. The molecule has 1 aromatic carbocycles. The first-order valence-corrected chi connectivity index (χ1v) is 4.85. The van der Waals surface area contributed by atoms with Gasteiger partial charge in [-0.2, -0.15) is 0 Å². The van der Waals surface area contributed by atoms with E-state index in [1.165, 1.54) is 24.3 Å². The Hall–Kier alpha value is -1.33. The summed E-state index contributed by atoms with van der Waals surface area (Å²) in [7, 11) is 0. The molecule has 0 saturated heterocycles. The van der Waals surface area contributed by atoms with Gasteiger partial charge in [0.25, 0.3) is 0 Å². The molecule has 0 aliphatic rings. The Morgan fingerprint density at radius 3 is 2.20 bits per heavy atom. The fourth-order valence-electron chi connectivity index (χ4n) is 1.01. The van der Waals surface area contributed by atoms with Crippen molar-refractivity contribution in [1.29, 1.82) is 0 Å². The second-order valence-electron chi connectivity index (χ2n) is 4.47. The number of hydrogen-bond donors (Lipinski definition) is 1. The zero-order chi connectivity index (χ0) is 11.5. The van der Waals surface area contributed by atoms with Gasteiger partial charge in [0, 0.05) is 5.41 Å². The molecule has 80 valence electrons. The first kappa shape index (κ1) is 11.7. The van der Waals surface area contributed by atoms with Crippen molar-refractivity contribution in [2.75, 3.05) is 0 Å². The van der Waals surface area contributed by atoms with Crippen molar-refractivity contribution in [2.24, 2.45) is 5.41 Å². The quantitative estimate of drug-likeness (QED) is 0.700. The molecule has 1 rings (SSSR count). The molecule has 0 unspecified atom stereocenters. The monoisotopic (exact) mass is 206 g/mol. The molecule has 1 nitrogen and oxygen atoms in total. The minimum Gasteiger partial charge on any atom is -0.376 e. The summed E-state index contributed by atoms with van der Waals surface area (Å²) in [5.41, 5.74) is 0.481. The van der Waals surface area contributed by atoms with Crippen molar-refractivity contribution in [1.82, 2.24) is 0 Å². The van der Waals surface area contributed by atoms with Crippen LogP contribution >= 0.6 is 0 Å². The van der Waals surface area contributed by atoms with Gasteiger partial charge in [0.15, 0.2) is 0 Å². The normalized spacial score (nSPS) is 12.9. The summed E-state index contributed by atoms with van der Waals surface area (Å²) in [6, 6.07) is 5.71. The van der Waals surface area contributed by atoms with Gasteiger partial charge in [-0.15, -0.1) is 0 Å². The number of aliphatic hydroxyl groups is 1. The lowest BCUT2D eigenvalue weighted by Crippen LogP contribution is -2.01. The van der Waals surface area contributed by atoms with Gasteiger partial charge in [-0.1, -0.05) is 24.0 Å². The molecule has 0 saturated carbocycles. The van der Waals surface area contributed by atoms with Crippen LogP contribution < -0.4 is 0 Å². The van der Waals surface area contributed by atoms with Gasteiger partial charge in [-0.05, 0) is 38.5 Å². The van der Waals surface area contributed by atoms with E-state index in [0.29, 0.717) is 5.56 Å². The number of halogens is 1. The molecule has 0 aromatic heterocycles. The highest BCUT2D eigenvalue weighted by atomic mass is 19.1. The smallest absolute Gasteiger partial charge is 0.140 e. The van der Waals surface area contributed by atoms with Crippen LogP contribution in [-0.2, 0) is 0 Å². The first-order chi connectivity index (χ1) is 6.88. The molecular weight excluding hydrogens is 191 g/mol. The summed E-state index contributed by atoms with van der Waals surface area (Å²) in [4.78, 5) is 0. The summed E-state index contributed by atoms with van der Waals surface area (Å²) < 4.78 is 12.6. The van der Waals surface area contributed by atoms with Crippen LogP contribution in [0.25, 0.3) is 0 Å². The largest absolute Gasteiger partial charge is 0.376 e. The fourth-order valence-corrected chi connectivity index (χ4v) is 1.01. The average molecular weight is 206 g/mol. The lowest BCUT2D eigenvalue weighted by atomic mass is 9.97. The van der Waals surface area contributed by atoms with Crippen LogP contribution in [0.15, 0.2) is 24.3 Å². The van der Waals surface area contributed by atoms with Gasteiger partial charge in [0.05, 0.1) is 0 Å². The second kappa shape index (κ2) is 4.46. The Kier molecular flexibility index (Phi) is 3.49. The van der Waals surface area contributed by atoms with Crippen molar-refractivity contribution in [3.63, 3.8) is 0 Å². The van der Waals surface area contributed by atoms with Gasteiger partial charge in [-0.25, -0.2) is 4.39 Å². The van der Waals surface area contributed by atoms with E-state index < -0.39 is 6.10 Å². The van der Waals surface area contributed by atoms with Gasteiger partial charge in [0.2, 0.25) is 0 Å². The van der Waals surface area contributed by atoms with Crippen LogP contribution in [0.4, 0.5) is 4.39 Å². The molecular formula is C13H15FO. The van der Waals surface area contributed by atoms with Gasteiger partial charge < -0.3 is 5.11 Å². The van der Waals surface area contributed by atoms with Crippen molar-refractivity contribution >= 4 is 0 Å². The molecule has 1 N–H and O–H groups in total. The minimum absolute atomic E-state index is 0.138. The number of benzene rings is 1. The molecule has 0 radical (unpaired) electrons. The summed E-state index contributed by atoms with van der Waals surface area (Å²) in [6.07, 6.45) is -0.843. The zero-order valence-corrected chi connectivity index (χ0v) is 9.21. The summed E-state index contributed by atoms with van der Waals surface area (Å²) >= 11 is 0. The van der Waals surface area contributed by atoms with E-state index >= 15 is 0 Å². The highest BCUT2D eigenvalue weighted by Crippen LogP contribution is 2.15. The van der Waals surface area contributed by atoms with Gasteiger partial charge in [-0.3, -0.25) is 0 Å². The highest BCUT2D eigenvalue weighted by molar-refractivity contribution is 5.26. The van der Waals surface area contributed by atoms with Crippen molar-refractivity contribution in [2.45, 2.75) is 26.9 Å². The molecule has 0 heterocycles. The highest BCUT2D eigenvalue weighted by Gasteiger charge is 2.07. The average Bonchev–Trinajstić information content (AvgIpc) is 2.14. The van der Waals surface area contributed by atoms with E-state index in [1.807, 2.05) is 20.8 Å². The molecule has 15 heavy (non-hydrogen) atoms. The number of rotatable bonds is 1. The lowest BCUT2D eigenvalue weighted by molar-refractivity contribution is 0.237. The summed E-state index contributed by atoms with van der Waals surface area (Å²) in [6.45, 7) is 5.91. The van der Waals surface area contributed by atoms with Crippen molar-refractivity contribution in [3.8, 4) is 11.8 Å². The fraction of sp³-hybridized carbons (Fsp3) is 0.385. The minimum atomic E-state index is -0.843. The molecule has 0 fully saturated rings. The predicted molar refractivity (Wildman–Crippen MR) is 58.6 cm³/mol. The molecule has 0 amide bonds. The Balaban J connectivity index is 2.80. The lowest BCUT2D eigenvalue weighted by Gasteiger charge is -2.09. The van der Waals surface area contributed by atoms with E-state index in [2.05, 4.69) is 11.8 Å². The molecule has 0 bridgehead atoms.